The molecule has 0 radical (unpaired) electrons. The van der Waals surface area contributed by atoms with Crippen molar-refractivity contribution in [3.63, 3.8) is 0 Å². The van der Waals surface area contributed by atoms with Gasteiger partial charge in [-0.3, -0.25) is 4.72 Å². The number of anilines is 1. The fourth-order valence-corrected chi connectivity index (χ4v) is 3.17. The quantitative estimate of drug-likeness (QED) is 0.847. The molecule has 0 spiro atoms. The normalized spacial score (nSPS) is 11.4. The van der Waals surface area contributed by atoms with Crippen LogP contribution in [0.3, 0.4) is 0 Å². The van der Waals surface area contributed by atoms with Gasteiger partial charge in [-0.15, -0.1) is 0 Å². The van der Waals surface area contributed by atoms with Crippen molar-refractivity contribution in [2.45, 2.75) is 11.4 Å². The first-order valence-electron chi connectivity index (χ1n) is 6.14. The Morgan fingerprint density at radius 1 is 1.19 bits per heavy atom. The summed E-state index contributed by atoms with van der Waals surface area (Å²) in [4.78, 5) is -0.123. The Balaban J connectivity index is 2.35. The summed E-state index contributed by atoms with van der Waals surface area (Å²) in [6.07, 6.45) is 0. The van der Waals surface area contributed by atoms with Crippen LogP contribution in [0.2, 0.25) is 0 Å². The van der Waals surface area contributed by atoms with Gasteiger partial charge in [0.2, 0.25) is 0 Å². The highest BCUT2D eigenvalue weighted by Gasteiger charge is 2.17. The number of nitrogens with one attached hydrogen (secondary N) is 2. The van der Waals surface area contributed by atoms with Crippen molar-refractivity contribution >= 4 is 31.6 Å². The molecule has 0 heterocycles. The summed E-state index contributed by atoms with van der Waals surface area (Å²) in [5.41, 5.74) is 1.27. The maximum atomic E-state index is 13.5. The van der Waals surface area contributed by atoms with E-state index in [4.69, 9.17) is 0 Å². The predicted octanol–water partition coefficient (Wildman–Crippen LogP) is 3.11. The monoisotopic (exact) mass is 372 g/mol. The van der Waals surface area contributed by atoms with Gasteiger partial charge < -0.3 is 5.32 Å². The standard InChI is InChI=1S/C14H14BrFN2O2S/c1-17-9-10-4-2-3-5-14(10)18-21(19,20)11-6-7-12(15)13(16)8-11/h2-8,17-18H,9H2,1H3. The maximum absolute atomic E-state index is 13.5. The van der Waals surface area contributed by atoms with Crippen molar-refractivity contribution in [1.82, 2.24) is 5.32 Å². The second-order valence-electron chi connectivity index (χ2n) is 4.37. The van der Waals surface area contributed by atoms with Gasteiger partial charge >= 0.3 is 0 Å². The Bertz CT molecular complexity index is 750. The largest absolute Gasteiger partial charge is 0.316 e. The molecule has 0 aliphatic heterocycles. The van der Waals surface area contributed by atoms with E-state index in [0.717, 1.165) is 11.6 Å². The molecule has 0 fully saturated rings. The Hall–Kier alpha value is -1.44. The van der Waals surface area contributed by atoms with Crippen molar-refractivity contribution in [2.75, 3.05) is 11.8 Å². The third-order valence-corrected chi connectivity index (χ3v) is 4.84. The molecule has 2 aromatic rings. The molecule has 0 aromatic heterocycles. The van der Waals surface area contributed by atoms with Crippen LogP contribution in [0.1, 0.15) is 5.56 Å². The zero-order valence-corrected chi connectivity index (χ0v) is 13.6. The van der Waals surface area contributed by atoms with Crippen LogP contribution in [0.25, 0.3) is 0 Å². The van der Waals surface area contributed by atoms with Crippen molar-refractivity contribution in [3.8, 4) is 0 Å². The molecular weight excluding hydrogens is 359 g/mol. The van der Waals surface area contributed by atoms with Gasteiger partial charge in [-0.2, -0.15) is 0 Å². The maximum Gasteiger partial charge on any atom is 0.262 e. The van der Waals surface area contributed by atoms with E-state index in [-0.39, 0.29) is 9.37 Å². The van der Waals surface area contributed by atoms with Gasteiger partial charge in [-0.05, 0) is 52.8 Å². The summed E-state index contributed by atoms with van der Waals surface area (Å²) in [6, 6.07) is 10.7. The minimum atomic E-state index is -3.83. The highest BCUT2D eigenvalue weighted by atomic mass is 79.9. The van der Waals surface area contributed by atoms with Crippen LogP contribution in [0.4, 0.5) is 10.1 Å². The van der Waals surface area contributed by atoms with Crippen LogP contribution in [0.5, 0.6) is 0 Å². The second-order valence-corrected chi connectivity index (χ2v) is 6.91. The van der Waals surface area contributed by atoms with Crippen molar-refractivity contribution < 1.29 is 12.8 Å². The van der Waals surface area contributed by atoms with Gasteiger partial charge in [-0.25, -0.2) is 12.8 Å². The summed E-state index contributed by atoms with van der Waals surface area (Å²) in [7, 11) is -2.06. The number of hydrogen-bond donors (Lipinski definition) is 2. The van der Waals surface area contributed by atoms with E-state index in [0.29, 0.717) is 12.2 Å². The Kier molecular flexibility index (Phi) is 4.97. The van der Waals surface area contributed by atoms with E-state index in [9.17, 15) is 12.8 Å². The molecule has 0 aliphatic rings. The molecule has 0 amide bonds. The molecule has 21 heavy (non-hydrogen) atoms. The van der Waals surface area contributed by atoms with E-state index in [1.54, 1.807) is 19.2 Å². The smallest absolute Gasteiger partial charge is 0.262 e. The van der Waals surface area contributed by atoms with Crippen molar-refractivity contribution in [3.05, 3.63) is 58.3 Å². The van der Waals surface area contributed by atoms with Crippen LogP contribution >= 0.6 is 15.9 Å². The lowest BCUT2D eigenvalue weighted by Crippen LogP contribution is -2.16. The summed E-state index contributed by atoms with van der Waals surface area (Å²) < 4.78 is 40.8. The first-order valence-corrected chi connectivity index (χ1v) is 8.42. The number of sulfonamides is 1. The molecule has 0 saturated heterocycles. The molecule has 0 aliphatic carbocycles. The molecule has 0 atom stereocenters. The number of rotatable bonds is 5. The third kappa shape index (κ3) is 3.81. The summed E-state index contributed by atoms with van der Waals surface area (Å²) in [5.74, 6) is -0.624. The lowest BCUT2D eigenvalue weighted by atomic mass is 10.2. The average Bonchev–Trinajstić information content (AvgIpc) is 2.44. The summed E-state index contributed by atoms with van der Waals surface area (Å²) >= 11 is 3.00. The Morgan fingerprint density at radius 3 is 2.57 bits per heavy atom. The zero-order valence-electron chi connectivity index (χ0n) is 11.2. The number of hydrogen-bond acceptors (Lipinski definition) is 3. The average molecular weight is 373 g/mol. The van der Waals surface area contributed by atoms with E-state index in [1.165, 1.54) is 12.1 Å². The number of para-hydroxylation sites is 1. The van der Waals surface area contributed by atoms with Gasteiger partial charge in [-0.1, -0.05) is 18.2 Å². The number of benzene rings is 2. The molecule has 2 aromatic carbocycles. The van der Waals surface area contributed by atoms with E-state index in [1.807, 2.05) is 12.1 Å². The highest BCUT2D eigenvalue weighted by Crippen LogP contribution is 2.23. The van der Waals surface area contributed by atoms with Crippen LogP contribution < -0.4 is 10.0 Å². The fraction of sp³-hybridized carbons (Fsp3) is 0.143. The molecule has 7 heteroatoms. The summed E-state index contributed by atoms with van der Waals surface area (Å²) in [6.45, 7) is 0.521. The minimum absolute atomic E-state index is 0.123. The van der Waals surface area contributed by atoms with Crippen LogP contribution in [0.15, 0.2) is 51.8 Å². The van der Waals surface area contributed by atoms with Gasteiger partial charge in [0, 0.05) is 6.54 Å². The van der Waals surface area contributed by atoms with Gasteiger partial charge in [0.25, 0.3) is 10.0 Å². The Morgan fingerprint density at radius 2 is 1.90 bits per heavy atom. The van der Waals surface area contributed by atoms with Crippen LogP contribution in [-0.2, 0) is 16.6 Å². The zero-order chi connectivity index (χ0) is 15.5. The predicted molar refractivity (Wildman–Crippen MR) is 84.1 cm³/mol. The van der Waals surface area contributed by atoms with Crippen molar-refractivity contribution in [1.29, 1.82) is 0 Å². The first kappa shape index (κ1) is 15.9. The number of halogens is 2. The first-order chi connectivity index (χ1) is 9.94. The van der Waals surface area contributed by atoms with Crippen LogP contribution in [0, 0.1) is 5.82 Å². The summed E-state index contributed by atoms with van der Waals surface area (Å²) in [5, 5.41) is 2.97. The topological polar surface area (TPSA) is 58.2 Å². The molecule has 2 rings (SSSR count). The molecule has 0 unspecified atom stereocenters. The van der Waals surface area contributed by atoms with Gasteiger partial charge in [0.15, 0.2) is 0 Å². The van der Waals surface area contributed by atoms with Crippen molar-refractivity contribution in [2.24, 2.45) is 0 Å². The van der Waals surface area contributed by atoms with Gasteiger partial charge in [0.1, 0.15) is 5.82 Å². The Labute approximate surface area is 131 Å². The molecule has 0 bridgehead atoms. The molecule has 2 N–H and O–H groups in total. The van der Waals surface area contributed by atoms with Crippen LogP contribution in [-0.4, -0.2) is 15.5 Å². The van der Waals surface area contributed by atoms with E-state index >= 15 is 0 Å². The van der Waals surface area contributed by atoms with Gasteiger partial charge in [0.05, 0.1) is 15.1 Å². The molecule has 112 valence electrons. The lowest BCUT2D eigenvalue weighted by molar-refractivity contribution is 0.593. The highest BCUT2D eigenvalue weighted by molar-refractivity contribution is 9.10. The second kappa shape index (κ2) is 6.55. The minimum Gasteiger partial charge on any atom is -0.316 e. The molecular formula is C14H14BrFN2O2S. The lowest BCUT2D eigenvalue weighted by Gasteiger charge is -2.12. The fourth-order valence-electron chi connectivity index (χ4n) is 1.81. The SMILES string of the molecule is CNCc1ccccc1NS(=O)(=O)c1ccc(Br)c(F)c1. The van der Waals surface area contributed by atoms with E-state index < -0.39 is 15.8 Å². The molecule has 0 saturated carbocycles. The molecule has 4 nitrogen and oxygen atoms in total. The third-order valence-electron chi connectivity index (χ3n) is 2.83. The van der Waals surface area contributed by atoms with E-state index in [2.05, 4.69) is 26.0 Å².